The van der Waals surface area contributed by atoms with Crippen molar-refractivity contribution >= 4 is 40.5 Å². The van der Waals surface area contributed by atoms with Gasteiger partial charge in [0.1, 0.15) is 0 Å². The van der Waals surface area contributed by atoms with Crippen LogP contribution >= 0.6 is 22.6 Å². The third kappa shape index (κ3) is 3.24. The Hall–Kier alpha value is -2.83. The second-order valence-corrected chi connectivity index (χ2v) is 5.91. The number of nitrogen functional groups attached to an aromatic ring is 1. The number of nitrogens with zero attached hydrogens (tertiary/aromatic N) is 6. The highest BCUT2D eigenvalue weighted by molar-refractivity contribution is 14.1. The lowest BCUT2D eigenvalue weighted by Crippen LogP contribution is -2.19. The molecule has 2 aromatic heterocycles. The van der Waals surface area contributed by atoms with Gasteiger partial charge in [0.2, 0.25) is 11.6 Å². The van der Waals surface area contributed by atoms with Gasteiger partial charge in [0.05, 0.1) is 11.9 Å². The molecule has 122 valence electrons. The molecule has 0 radical (unpaired) electrons. The molecule has 3 aromatic rings. The molecule has 0 saturated carbocycles. The summed E-state index contributed by atoms with van der Waals surface area (Å²) in [5.74, 6) is -0.288. The predicted octanol–water partition coefficient (Wildman–Crippen LogP) is 0.909. The van der Waals surface area contributed by atoms with Gasteiger partial charge in [0, 0.05) is 3.57 Å². The molecule has 1 amide bonds. The summed E-state index contributed by atoms with van der Waals surface area (Å²) in [6.45, 7) is 1.65. The number of hydrazone groups is 1. The van der Waals surface area contributed by atoms with Crippen LogP contribution in [0.5, 0.6) is 0 Å². The third-order valence-electron chi connectivity index (χ3n) is 3.03. The van der Waals surface area contributed by atoms with Gasteiger partial charge in [-0.1, -0.05) is 17.3 Å². The molecule has 3 rings (SSSR count). The lowest BCUT2D eigenvalue weighted by Gasteiger charge is -1.99. The molecular weight excluding hydrogens is 427 g/mol. The topological polar surface area (TPSA) is 137 Å². The maximum Gasteiger partial charge on any atom is 0.293 e. The molecule has 0 aliphatic heterocycles. The number of nitrogens with two attached hydrogens (primary N) is 1. The summed E-state index contributed by atoms with van der Waals surface area (Å²) in [4.78, 5) is 12.2. The number of carbonyl (C=O) groups is 1. The summed E-state index contributed by atoms with van der Waals surface area (Å²) >= 11 is 2.20. The van der Waals surface area contributed by atoms with Gasteiger partial charge in [0.15, 0.2) is 5.69 Å². The Balaban J connectivity index is 1.74. The van der Waals surface area contributed by atoms with Crippen LogP contribution in [0.3, 0.4) is 0 Å². The summed E-state index contributed by atoms with van der Waals surface area (Å²) in [6, 6.07) is 7.66. The van der Waals surface area contributed by atoms with Gasteiger partial charge < -0.3 is 5.73 Å². The number of nitrogens with one attached hydrogen (secondary N) is 1. The zero-order valence-corrected chi connectivity index (χ0v) is 14.5. The van der Waals surface area contributed by atoms with Crippen molar-refractivity contribution in [3.05, 3.63) is 44.8 Å². The molecule has 0 atom stereocenters. The molecular formula is C13H11IN8O2. The van der Waals surface area contributed by atoms with Crippen LogP contribution in [0.15, 0.2) is 34.0 Å². The Morgan fingerprint density at radius 1 is 1.46 bits per heavy atom. The molecule has 0 spiro atoms. The summed E-state index contributed by atoms with van der Waals surface area (Å²) in [5, 5.41) is 18.6. The first kappa shape index (κ1) is 16.0. The monoisotopic (exact) mass is 438 g/mol. The van der Waals surface area contributed by atoms with Gasteiger partial charge in [-0.05, 0) is 57.5 Å². The lowest BCUT2D eigenvalue weighted by atomic mass is 10.2. The van der Waals surface area contributed by atoms with Gasteiger partial charge in [-0.3, -0.25) is 4.79 Å². The normalized spacial score (nSPS) is 11.1. The first-order chi connectivity index (χ1) is 11.6. The Morgan fingerprint density at radius 2 is 2.29 bits per heavy atom. The first-order valence-electron chi connectivity index (χ1n) is 6.66. The smallest absolute Gasteiger partial charge is 0.293 e. The molecule has 2 heterocycles. The quantitative estimate of drug-likeness (QED) is 0.351. The van der Waals surface area contributed by atoms with Crippen LogP contribution in [0, 0.1) is 10.5 Å². The maximum absolute atomic E-state index is 12.2. The molecule has 24 heavy (non-hydrogen) atoms. The molecule has 0 unspecified atom stereocenters. The van der Waals surface area contributed by atoms with Gasteiger partial charge in [0.25, 0.3) is 5.91 Å². The molecule has 0 aliphatic rings. The minimum Gasteiger partial charge on any atom is -0.378 e. The molecule has 0 aliphatic carbocycles. The van der Waals surface area contributed by atoms with Crippen LogP contribution < -0.4 is 11.2 Å². The van der Waals surface area contributed by atoms with Crippen LogP contribution in [0.1, 0.15) is 21.7 Å². The Bertz CT molecular complexity index is 916. The number of anilines is 1. The average molecular weight is 438 g/mol. The van der Waals surface area contributed by atoms with Gasteiger partial charge in [-0.2, -0.15) is 9.78 Å². The zero-order valence-electron chi connectivity index (χ0n) is 12.3. The number of benzene rings is 1. The largest absolute Gasteiger partial charge is 0.378 e. The maximum atomic E-state index is 12.2. The average Bonchev–Trinajstić information content (AvgIpc) is 3.13. The number of aromatic nitrogens is 5. The number of hydrogen-bond acceptors (Lipinski definition) is 8. The second kappa shape index (κ2) is 6.74. The highest BCUT2D eigenvalue weighted by Gasteiger charge is 2.20. The van der Waals surface area contributed by atoms with Crippen LogP contribution in [0.2, 0.25) is 0 Å². The Kier molecular flexibility index (Phi) is 4.50. The van der Waals surface area contributed by atoms with E-state index >= 15 is 0 Å². The first-order valence-corrected chi connectivity index (χ1v) is 7.74. The number of rotatable bonds is 4. The minimum atomic E-state index is -0.504. The van der Waals surface area contributed by atoms with E-state index in [-0.39, 0.29) is 17.3 Å². The van der Waals surface area contributed by atoms with E-state index < -0.39 is 5.91 Å². The predicted molar refractivity (Wildman–Crippen MR) is 92.6 cm³/mol. The second-order valence-electron chi connectivity index (χ2n) is 4.66. The number of amides is 1. The van der Waals surface area contributed by atoms with Gasteiger partial charge >= 0.3 is 0 Å². The van der Waals surface area contributed by atoms with Crippen LogP contribution in [0.4, 0.5) is 5.82 Å². The SMILES string of the molecule is Cc1c(C(=O)NN=Cc2cccc(I)c2)nnn1-c1nonc1N. The van der Waals surface area contributed by atoms with Gasteiger partial charge in [-0.25, -0.2) is 10.1 Å². The van der Waals surface area contributed by atoms with E-state index in [0.717, 1.165) is 9.13 Å². The summed E-state index contributed by atoms with van der Waals surface area (Å²) in [7, 11) is 0. The fraction of sp³-hybridized carbons (Fsp3) is 0.0769. The Labute approximate surface area is 149 Å². The van der Waals surface area contributed by atoms with Crippen molar-refractivity contribution in [3.63, 3.8) is 0 Å². The highest BCUT2D eigenvalue weighted by Crippen LogP contribution is 2.14. The molecule has 0 fully saturated rings. The van der Waals surface area contributed by atoms with E-state index in [4.69, 9.17) is 5.73 Å². The van der Waals surface area contributed by atoms with E-state index in [1.54, 1.807) is 13.1 Å². The van der Waals surface area contributed by atoms with Crippen LogP contribution in [-0.4, -0.2) is 37.4 Å². The van der Waals surface area contributed by atoms with Crippen molar-refractivity contribution in [2.45, 2.75) is 6.92 Å². The van der Waals surface area contributed by atoms with Crippen molar-refractivity contribution in [1.82, 2.24) is 30.7 Å². The van der Waals surface area contributed by atoms with Crippen molar-refractivity contribution in [3.8, 4) is 5.82 Å². The molecule has 0 saturated heterocycles. The summed E-state index contributed by atoms with van der Waals surface area (Å²) in [5.41, 5.74) is 9.39. The third-order valence-corrected chi connectivity index (χ3v) is 3.71. The van der Waals surface area contributed by atoms with Crippen molar-refractivity contribution in [2.24, 2.45) is 5.10 Å². The van der Waals surface area contributed by atoms with Gasteiger partial charge in [-0.15, -0.1) is 5.10 Å². The fourth-order valence-electron chi connectivity index (χ4n) is 1.88. The molecule has 1 aromatic carbocycles. The van der Waals surface area contributed by atoms with E-state index in [9.17, 15) is 4.79 Å². The van der Waals surface area contributed by atoms with Crippen molar-refractivity contribution in [2.75, 3.05) is 5.73 Å². The number of carbonyl (C=O) groups excluding carboxylic acids is 1. The summed E-state index contributed by atoms with van der Waals surface area (Å²) in [6.07, 6.45) is 1.54. The number of hydrogen-bond donors (Lipinski definition) is 2. The number of halogens is 1. The summed E-state index contributed by atoms with van der Waals surface area (Å²) < 4.78 is 6.85. The standard InChI is InChI=1S/C13H11IN8O2/c1-7-10(17-21-22(7)12-11(15)19-24-20-12)13(23)18-16-6-8-3-2-4-9(14)5-8/h2-6H,1H3,(H2,15,19)(H,18,23). The Morgan fingerprint density at radius 3 is 3.00 bits per heavy atom. The molecule has 0 bridgehead atoms. The molecule has 11 heteroatoms. The van der Waals surface area contributed by atoms with E-state index in [2.05, 4.69) is 58.4 Å². The molecule has 3 N–H and O–H groups in total. The van der Waals surface area contributed by atoms with Crippen molar-refractivity contribution < 1.29 is 9.42 Å². The molecule has 10 nitrogen and oxygen atoms in total. The highest BCUT2D eigenvalue weighted by atomic mass is 127. The fourth-order valence-corrected chi connectivity index (χ4v) is 2.45. The van der Waals surface area contributed by atoms with E-state index in [1.165, 1.54) is 4.68 Å². The van der Waals surface area contributed by atoms with Crippen LogP contribution in [0.25, 0.3) is 5.82 Å². The van der Waals surface area contributed by atoms with Crippen molar-refractivity contribution in [1.29, 1.82) is 0 Å². The van der Waals surface area contributed by atoms with E-state index in [1.807, 2.05) is 24.3 Å². The van der Waals surface area contributed by atoms with E-state index in [0.29, 0.717) is 5.69 Å². The zero-order chi connectivity index (χ0) is 17.1. The lowest BCUT2D eigenvalue weighted by molar-refractivity contribution is 0.0949. The van der Waals surface area contributed by atoms with Crippen LogP contribution in [-0.2, 0) is 0 Å². The minimum absolute atomic E-state index is 0.0478.